The first-order chi connectivity index (χ1) is 9.83. The second kappa shape index (κ2) is 6.06. The van der Waals surface area contributed by atoms with Gasteiger partial charge >= 0.3 is 0 Å². The summed E-state index contributed by atoms with van der Waals surface area (Å²) in [6.45, 7) is 1.69. The molecule has 0 fully saturated rings. The highest BCUT2D eigenvalue weighted by molar-refractivity contribution is 9.10. The van der Waals surface area contributed by atoms with Gasteiger partial charge < -0.3 is 0 Å². The molecule has 1 N–H and O–H groups in total. The SMILES string of the molecule is Cc1cc(S(=O)(=O)Nc2cc(Cl)ccc2Br)ccc1C#N. The molecule has 7 heteroatoms. The van der Waals surface area contributed by atoms with Crippen molar-refractivity contribution < 1.29 is 8.42 Å². The fraction of sp³-hybridized carbons (Fsp3) is 0.0714. The van der Waals surface area contributed by atoms with Crippen molar-refractivity contribution in [1.82, 2.24) is 0 Å². The minimum atomic E-state index is -3.75. The van der Waals surface area contributed by atoms with Crippen LogP contribution in [0.15, 0.2) is 45.8 Å². The van der Waals surface area contributed by atoms with E-state index in [0.29, 0.717) is 26.3 Å². The Kier molecular flexibility index (Phi) is 4.57. The van der Waals surface area contributed by atoms with E-state index in [4.69, 9.17) is 16.9 Å². The summed E-state index contributed by atoms with van der Waals surface area (Å²) in [4.78, 5) is 0.0888. The summed E-state index contributed by atoms with van der Waals surface area (Å²) in [5, 5.41) is 9.30. The van der Waals surface area contributed by atoms with Crippen molar-refractivity contribution in [3.8, 4) is 6.07 Å². The van der Waals surface area contributed by atoms with Crippen LogP contribution in [0.25, 0.3) is 0 Å². The lowest BCUT2D eigenvalue weighted by atomic mass is 10.1. The van der Waals surface area contributed by atoms with Crippen molar-refractivity contribution in [2.75, 3.05) is 4.72 Å². The van der Waals surface area contributed by atoms with Crippen molar-refractivity contribution in [1.29, 1.82) is 5.26 Å². The highest BCUT2D eigenvalue weighted by Crippen LogP contribution is 2.28. The lowest BCUT2D eigenvalue weighted by Crippen LogP contribution is -2.13. The van der Waals surface area contributed by atoms with Gasteiger partial charge in [0.2, 0.25) is 0 Å². The first-order valence-electron chi connectivity index (χ1n) is 5.82. The summed E-state index contributed by atoms with van der Waals surface area (Å²) in [5.74, 6) is 0. The third-order valence-electron chi connectivity index (χ3n) is 2.80. The van der Waals surface area contributed by atoms with Gasteiger partial charge in [-0.25, -0.2) is 8.42 Å². The molecule has 0 aliphatic carbocycles. The van der Waals surface area contributed by atoms with Crippen LogP contribution in [0, 0.1) is 18.3 Å². The average molecular weight is 386 g/mol. The Morgan fingerprint density at radius 1 is 1.24 bits per heavy atom. The molecule has 108 valence electrons. The van der Waals surface area contributed by atoms with Crippen LogP contribution in [0.2, 0.25) is 5.02 Å². The van der Waals surface area contributed by atoms with Crippen LogP contribution in [-0.2, 0) is 10.0 Å². The van der Waals surface area contributed by atoms with E-state index < -0.39 is 10.0 Å². The molecule has 0 aliphatic rings. The Morgan fingerprint density at radius 3 is 2.57 bits per heavy atom. The van der Waals surface area contributed by atoms with Crippen molar-refractivity contribution >= 4 is 43.2 Å². The summed E-state index contributed by atoms with van der Waals surface area (Å²) in [6.07, 6.45) is 0. The zero-order chi connectivity index (χ0) is 15.6. The largest absolute Gasteiger partial charge is 0.278 e. The number of benzene rings is 2. The number of hydrogen-bond donors (Lipinski definition) is 1. The predicted octanol–water partition coefficient (Wildman–Crippen LogP) is 4.08. The van der Waals surface area contributed by atoms with Crippen LogP contribution in [0.4, 0.5) is 5.69 Å². The Hall–Kier alpha value is -1.55. The maximum absolute atomic E-state index is 12.4. The zero-order valence-electron chi connectivity index (χ0n) is 10.9. The van der Waals surface area contributed by atoms with E-state index in [1.165, 1.54) is 24.3 Å². The number of hydrogen-bond acceptors (Lipinski definition) is 3. The molecule has 4 nitrogen and oxygen atoms in total. The van der Waals surface area contributed by atoms with Gasteiger partial charge in [-0.15, -0.1) is 0 Å². The van der Waals surface area contributed by atoms with Crippen LogP contribution in [-0.4, -0.2) is 8.42 Å². The van der Waals surface area contributed by atoms with Crippen LogP contribution in [0.1, 0.15) is 11.1 Å². The van der Waals surface area contributed by atoms with Crippen molar-refractivity contribution in [3.63, 3.8) is 0 Å². The van der Waals surface area contributed by atoms with Gasteiger partial charge in [0.25, 0.3) is 10.0 Å². The third-order valence-corrected chi connectivity index (χ3v) is 5.09. The number of rotatable bonds is 3. The van der Waals surface area contributed by atoms with Crippen LogP contribution < -0.4 is 4.72 Å². The van der Waals surface area contributed by atoms with E-state index in [2.05, 4.69) is 20.7 Å². The molecule has 0 bridgehead atoms. The Bertz CT molecular complexity index is 845. The van der Waals surface area contributed by atoms with Gasteiger partial charge in [0.15, 0.2) is 0 Å². The van der Waals surface area contributed by atoms with Gasteiger partial charge in [-0.05, 0) is 64.8 Å². The second-order valence-corrected chi connectivity index (χ2v) is 7.29. The van der Waals surface area contributed by atoms with E-state index in [1.807, 2.05) is 6.07 Å². The number of nitrogens with one attached hydrogen (secondary N) is 1. The van der Waals surface area contributed by atoms with Gasteiger partial charge in [-0.1, -0.05) is 11.6 Å². The first-order valence-corrected chi connectivity index (χ1v) is 8.47. The first kappa shape index (κ1) is 15.8. The normalized spacial score (nSPS) is 11.0. The molecule has 0 aromatic heterocycles. The van der Waals surface area contributed by atoms with Crippen LogP contribution in [0.5, 0.6) is 0 Å². The number of nitriles is 1. The summed E-state index contributed by atoms with van der Waals surface area (Å²) >= 11 is 9.13. The maximum atomic E-state index is 12.4. The van der Waals surface area contributed by atoms with Gasteiger partial charge in [0, 0.05) is 9.50 Å². The lowest BCUT2D eigenvalue weighted by molar-refractivity contribution is 0.601. The summed E-state index contributed by atoms with van der Waals surface area (Å²) in [5.41, 5.74) is 1.40. The Morgan fingerprint density at radius 2 is 1.95 bits per heavy atom. The quantitative estimate of drug-likeness (QED) is 0.865. The maximum Gasteiger partial charge on any atom is 0.261 e. The van der Waals surface area contributed by atoms with E-state index >= 15 is 0 Å². The smallest absolute Gasteiger partial charge is 0.261 e. The highest BCUT2D eigenvalue weighted by atomic mass is 79.9. The third kappa shape index (κ3) is 3.56. The predicted molar refractivity (Wildman–Crippen MR) is 85.9 cm³/mol. The molecule has 0 heterocycles. The average Bonchev–Trinajstić information content (AvgIpc) is 2.42. The molecule has 0 amide bonds. The highest BCUT2D eigenvalue weighted by Gasteiger charge is 2.17. The fourth-order valence-corrected chi connectivity index (χ4v) is 3.51. The molecule has 2 aromatic rings. The monoisotopic (exact) mass is 384 g/mol. The molecule has 2 rings (SSSR count). The van der Waals surface area contributed by atoms with Crippen LogP contribution >= 0.6 is 27.5 Å². The zero-order valence-corrected chi connectivity index (χ0v) is 14.1. The van der Waals surface area contributed by atoms with Gasteiger partial charge in [0.05, 0.1) is 22.2 Å². The summed E-state index contributed by atoms with van der Waals surface area (Å²) in [6, 6.07) is 11.2. The second-order valence-electron chi connectivity index (χ2n) is 4.32. The van der Waals surface area contributed by atoms with Gasteiger partial charge in [0.1, 0.15) is 0 Å². The number of halogens is 2. The number of anilines is 1. The summed E-state index contributed by atoms with van der Waals surface area (Å²) in [7, 11) is -3.75. The number of aryl methyl sites for hydroxylation is 1. The number of sulfonamides is 1. The molecule has 0 atom stereocenters. The van der Waals surface area contributed by atoms with Gasteiger partial charge in [-0.2, -0.15) is 5.26 Å². The van der Waals surface area contributed by atoms with Crippen molar-refractivity contribution in [2.45, 2.75) is 11.8 Å². The molecule has 0 spiro atoms. The molecule has 0 aliphatic heterocycles. The standard InChI is InChI=1S/C14H10BrClN2O2S/c1-9-6-12(4-2-10(9)8-17)21(19,20)18-14-7-11(16)3-5-13(14)15/h2-7,18H,1H3. The molecular weight excluding hydrogens is 376 g/mol. The number of nitrogens with zero attached hydrogens (tertiary/aromatic N) is 1. The van der Waals surface area contributed by atoms with E-state index in [9.17, 15) is 8.42 Å². The molecule has 0 unspecified atom stereocenters. The molecule has 2 aromatic carbocycles. The molecule has 0 saturated carbocycles. The van der Waals surface area contributed by atoms with E-state index in [1.54, 1.807) is 19.1 Å². The van der Waals surface area contributed by atoms with E-state index in [0.717, 1.165) is 0 Å². The Labute approximate surface area is 136 Å². The topological polar surface area (TPSA) is 70.0 Å². The summed E-state index contributed by atoms with van der Waals surface area (Å²) < 4.78 is 27.8. The van der Waals surface area contributed by atoms with Crippen molar-refractivity contribution in [2.24, 2.45) is 0 Å². The van der Waals surface area contributed by atoms with Gasteiger partial charge in [-0.3, -0.25) is 4.72 Å². The minimum absolute atomic E-state index is 0.0888. The van der Waals surface area contributed by atoms with Crippen LogP contribution in [0.3, 0.4) is 0 Å². The Balaban J connectivity index is 2.41. The molecule has 21 heavy (non-hydrogen) atoms. The van der Waals surface area contributed by atoms with E-state index in [-0.39, 0.29) is 4.90 Å². The van der Waals surface area contributed by atoms with Crippen molar-refractivity contribution in [3.05, 3.63) is 57.0 Å². The fourth-order valence-electron chi connectivity index (χ4n) is 1.71. The molecule has 0 radical (unpaired) electrons. The lowest BCUT2D eigenvalue weighted by Gasteiger charge is -2.11. The molecular formula is C14H10BrClN2O2S. The molecule has 0 saturated heterocycles. The minimum Gasteiger partial charge on any atom is -0.278 e.